The van der Waals surface area contributed by atoms with Gasteiger partial charge in [-0.3, -0.25) is 9.59 Å². The number of anilines is 1. The van der Waals surface area contributed by atoms with Crippen LogP contribution in [0.2, 0.25) is 0 Å². The number of amides is 1. The highest BCUT2D eigenvalue weighted by Gasteiger charge is 2.02. The lowest BCUT2D eigenvalue weighted by Gasteiger charge is -2.01. The van der Waals surface area contributed by atoms with Crippen molar-refractivity contribution in [3.8, 4) is 11.3 Å². The van der Waals surface area contributed by atoms with E-state index in [9.17, 15) is 9.59 Å². The van der Waals surface area contributed by atoms with Gasteiger partial charge in [-0.2, -0.15) is 0 Å². The van der Waals surface area contributed by atoms with Crippen molar-refractivity contribution in [2.45, 2.75) is 0 Å². The van der Waals surface area contributed by atoms with E-state index >= 15 is 0 Å². The smallest absolute Gasteiger partial charge is 0.291 e. The molecule has 1 heterocycles. The maximum atomic E-state index is 11.5. The average molecular weight is 215 g/mol. The van der Waals surface area contributed by atoms with E-state index < -0.39 is 5.56 Å². The molecule has 0 atom stereocenters. The molecule has 5 heteroatoms. The topological polar surface area (TPSA) is 74.8 Å². The molecule has 1 aromatic carbocycles. The maximum absolute atomic E-state index is 11.5. The summed E-state index contributed by atoms with van der Waals surface area (Å²) in [5.41, 5.74) is 1.06. The number of benzene rings is 1. The molecule has 0 bridgehead atoms. The summed E-state index contributed by atoms with van der Waals surface area (Å²) in [6, 6.07) is 9.34. The quantitative estimate of drug-likeness (QED) is 0.750. The molecule has 2 aromatic rings. The fourth-order valence-electron chi connectivity index (χ4n) is 1.32. The first kappa shape index (κ1) is 10.1. The second-order valence-electron chi connectivity index (χ2n) is 3.10. The van der Waals surface area contributed by atoms with Gasteiger partial charge in [0.25, 0.3) is 5.56 Å². The van der Waals surface area contributed by atoms with Gasteiger partial charge in [0.05, 0.1) is 11.9 Å². The predicted octanol–water partition coefficient (Wildman–Crippen LogP) is 1.01. The zero-order valence-corrected chi connectivity index (χ0v) is 8.31. The Labute approximate surface area is 91.2 Å². The first-order valence-corrected chi connectivity index (χ1v) is 4.66. The zero-order valence-electron chi connectivity index (χ0n) is 8.31. The van der Waals surface area contributed by atoms with Gasteiger partial charge in [-0.25, -0.2) is 4.98 Å². The molecule has 0 saturated carbocycles. The number of carbonyl (C=O) groups excluding carboxylic acids is 1. The third kappa shape index (κ3) is 1.98. The molecule has 1 aromatic heterocycles. The van der Waals surface area contributed by atoms with E-state index in [0.29, 0.717) is 12.1 Å². The lowest BCUT2D eigenvalue weighted by Crippen LogP contribution is -2.15. The van der Waals surface area contributed by atoms with Crippen LogP contribution in [0.5, 0.6) is 0 Å². The fraction of sp³-hybridized carbons (Fsp3) is 0. The summed E-state index contributed by atoms with van der Waals surface area (Å²) in [6.45, 7) is 0. The van der Waals surface area contributed by atoms with Gasteiger partial charge in [0.15, 0.2) is 5.82 Å². The van der Waals surface area contributed by atoms with Gasteiger partial charge >= 0.3 is 0 Å². The van der Waals surface area contributed by atoms with Crippen LogP contribution in [0.15, 0.2) is 41.3 Å². The van der Waals surface area contributed by atoms with Crippen LogP contribution in [0.1, 0.15) is 0 Å². The third-order valence-electron chi connectivity index (χ3n) is 2.07. The number of carbonyl (C=O) groups is 1. The van der Waals surface area contributed by atoms with Crippen LogP contribution >= 0.6 is 0 Å². The van der Waals surface area contributed by atoms with Crippen LogP contribution in [0.3, 0.4) is 0 Å². The first-order chi connectivity index (χ1) is 7.81. The van der Waals surface area contributed by atoms with Gasteiger partial charge in [-0.05, 0) is 5.56 Å². The summed E-state index contributed by atoms with van der Waals surface area (Å²) >= 11 is 0. The summed E-state index contributed by atoms with van der Waals surface area (Å²) < 4.78 is 0. The normalized spacial score (nSPS) is 9.75. The van der Waals surface area contributed by atoms with Crippen molar-refractivity contribution in [2.24, 2.45) is 0 Å². The van der Waals surface area contributed by atoms with Crippen LogP contribution in [0, 0.1) is 0 Å². The molecule has 0 aliphatic carbocycles. The molecule has 0 spiro atoms. The van der Waals surface area contributed by atoms with Crippen LogP contribution in [0.4, 0.5) is 5.82 Å². The van der Waals surface area contributed by atoms with Crippen molar-refractivity contribution in [3.63, 3.8) is 0 Å². The van der Waals surface area contributed by atoms with E-state index in [1.54, 1.807) is 0 Å². The molecule has 2 N–H and O–H groups in total. The molecule has 0 unspecified atom stereocenters. The number of aromatic nitrogens is 2. The number of rotatable bonds is 3. The van der Waals surface area contributed by atoms with Crippen molar-refractivity contribution in [1.29, 1.82) is 0 Å². The second kappa shape index (κ2) is 4.39. The zero-order chi connectivity index (χ0) is 11.4. The van der Waals surface area contributed by atoms with E-state index in [4.69, 9.17) is 0 Å². The molecule has 5 nitrogen and oxygen atoms in total. The number of nitrogens with zero attached hydrogens (tertiary/aromatic N) is 1. The monoisotopic (exact) mass is 215 g/mol. The van der Waals surface area contributed by atoms with E-state index in [1.165, 1.54) is 6.20 Å². The fourth-order valence-corrected chi connectivity index (χ4v) is 1.32. The Hall–Kier alpha value is -2.43. The van der Waals surface area contributed by atoms with Crippen LogP contribution in [0.25, 0.3) is 11.3 Å². The highest BCUT2D eigenvalue weighted by Crippen LogP contribution is 2.13. The molecule has 0 aliphatic rings. The van der Waals surface area contributed by atoms with Gasteiger partial charge in [0.1, 0.15) is 0 Å². The Balaban J connectivity index is 2.42. The summed E-state index contributed by atoms with van der Waals surface area (Å²) in [5.74, 6) is -0.00492. The summed E-state index contributed by atoms with van der Waals surface area (Å²) in [7, 11) is 0. The number of hydrogen-bond donors (Lipinski definition) is 2. The highest BCUT2D eigenvalue weighted by molar-refractivity contribution is 5.68. The molecule has 0 fully saturated rings. The Bertz CT molecular complexity index is 549. The number of nitrogens with one attached hydrogen (secondary N) is 2. The molecule has 2 rings (SSSR count). The van der Waals surface area contributed by atoms with Gasteiger partial charge in [0, 0.05) is 0 Å². The average Bonchev–Trinajstić information content (AvgIpc) is 2.33. The molecule has 16 heavy (non-hydrogen) atoms. The molecule has 0 saturated heterocycles. The molecular formula is C11H9N3O2. The minimum Gasteiger partial charge on any atom is -0.317 e. The molecule has 1 amide bonds. The summed E-state index contributed by atoms with van der Waals surface area (Å²) in [4.78, 5) is 28.1. The second-order valence-corrected chi connectivity index (χ2v) is 3.10. The van der Waals surface area contributed by atoms with Gasteiger partial charge in [-0.1, -0.05) is 30.3 Å². The van der Waals surface area contributed by atoms with Crippen LogP contribution in [-0.4, -0.2) is 16.4 Å². The minimum absolute atomic E-state index is 0.00492. The van der Waals surface area contributed by atoms with Crippen molar-refractivity contribution in [2.75, 3.05) is 5.32 Å². The van der Waals surface area contributed by atoms with Crippen molar-refractivity contribution >= 4 is 12.2 Å². The van der Waals surface area contributed by atoms with Crippen LogP contribution < -0.4 is 10.9 Å². The molecule has 0 aliphatic heterocycles. The Kier molecular flexibility index (Phi) is 2.77. The maximum Gasteiger partial charge on any atom is 0.291 e. The molecule has 0 radical (unpaired) electrons. The van der Waals surface area contributed by atoms with Crippen molar-refractivity contribution in [1.82, 2.24) is 9.97 Å². The van der Waals surface area contributed by atoms with Gasteiger partial charge < -0.3 is 10.3 Å². The third-order valence-corrected chi connectivity index (χ3v) is 2.07. The number of aromatic amines is 1. The number of hydrogen-bond acceptors (Lipinski definition) is 3. The van der Waals surface area contributed by atoms with Crippen LogP contribution in [-0.2, 0) is 4.79 Å². The Morgan fingerprint density at radius 1 is 1.25 bits per heavy atom. The largest absolute Gasteiger partial charge is 0.317 e. The molecular weight excluding hydrogens is 206 g/mol. The van der Waals surface area contributed by atoms with Crippen molar-refractivity contribution in [3.05, 3.63) is 46.9 Å². The van der Waals surface area contributed by atoms with Crippen molar-refractivity contribution < 1.29 is 4.79 Å². The van der Waals surface area contributed by atoms with E-state index in [0.717, 1.165) is 5.56 Å². The van der Waals surface area contributed by atoms with E-state index in [2.05, 4.69) is 15.3 Å². The minimum atomic E-state index is -0.423. The Morgan fingerprint density at radius 2 is 2.00 bits per heavy atom. The van der Waals surface area contributed by atoms with Gasteiger partial charge in [0.2, 0.25) is 6.41 Å². The summed E-state index contributed by atoms with van der Waals surface area (Å²) in [6.07, 6.45) is 1.92. The Morgan fingerprint density at radius 3 is 2.62 bits per heavy atom. The SMILES string of the molecule is O=CNc1ncc(-c2ccccc2)[nH]c1=O. The van der Waals surface area contributed by atoms with Gasteiger partial charge in [-0.15, -0.1) is 0 Å². The lowest BCUT2D eigenvalue weighted by molar-refractivity contribution is -0.105. The first-order valence-electron chi connectivity index (χ1n) is 4.66. The van der Waals surface area contributed by atoms with E-state index in [1.807, 2.05) is 30.3 Å². The number of H-pyrrole nitrogens is 1. The van der Waals surface area contributed by atoms with E-state index in [-0.39, 0.29) is 5.82 Å². The summed E-state index contributed by atoms with van der Waals surface area (Å²) in [5, 5.41) is 2.22. The highest BCUT2D eigenvalue weighted by atomic mass is 16.1. The molecule has 80 valence electrons. The standard InChI is InChI=1S/C11H9N3O2/c15-7-13-10-11(16)14-9(6-12-10)8-4-2-1-3-5-8/h1-7H,(H,14,16)(H,12,13,15). The lowest BCUT2D eigenvalue weighted by atomic mass is 10.2. The predicted molar refractivity (Wildman–Crippen MR) is 60.0 cm³/mol.